The number of aromatic nitrogens is 3. The molecule has 3 heteroatoms. The first-order valence-corrected chi connectivity index (χ1v) is 5.22. The van der Waals surface area contributed by atoms with Crippen LogP contribution in [-0.2, 0) is 0 Å². The van der Waals surface area contributed by atoms with Gasteiger partial charge in [0.2, 0.25) is 0 Å². The minimum Gasteiger partial charge on any atom is -0.255 e. The fourth-order valence-corrected chi connectivity index (χ4v) is 2.29. The number of fused-ring (bicyclic) bond motifs is 5. The summed E-state index contributed by atoms with van der Waals surface area (Å²) >= 11 is 0. The molecule has 4 rings (SSSR count). The van der Waals surface area contributed by atoms with Crippen LogP contribution in [0.1, 0.15) is 29.8 Å². The SMILES string of the molecule is c1ccc(-c2cc3nc(n2)C2CC32)nc1. The summed E-state index contributed by atoms with van der Waals surface area (Å²) in [4.78, 5) is 13.3. The van der Waals surface area contributed by atoms with E-state index in [9.17, 15) is 0 Å². The molecule has 0 radical (unpaired) electrons. The van der Waals surface area contributed by atoms with Crippen molar-refractivity contribution in [2.24, 2.45) is 0 Å². The Morgan fingerprint density at radius 1 is 1.07 bits per heavy atom. The molecule has 3 nitrogen and oxygen atoms in total. The van der Waals surface area contributed by atoms with Crippen molar-refractivity contribution >= 4 is 0 Å². The maximum atomic E-state index is 4.56. The van der Waals surface area contributed by atoms with Crippen molar-refractivity contribution in [3.05, 3.63) is 42.0 Å². The molecule has 2 atom stereocenters. The standard InChI is InChI=1S/C12H9N3/c1-2-4-13-9(3-1)11-6-10-7-5-8(7)12(14-10)15-11/h1-4,6-8H,5H2. The average molecular weight is 195 g/mol. The van der Waals surface area contributed by atoms with Crippen LogP contribution in [0.2, 0.25) is 0 Å². The van der Waals surface area contributed by atoms with Crippen LogP contribution in [-0.4, -0.2) is 15.0 Å². The van der Waals surface area contributed by atoms with E-state index in [2.05, 4.69) is 21.0 Å². The zero-order chi connectivity index (χ0) is 9.83. The first kappa shape index (κ1) is 7.51. The van der Waals surface area contributed by atoms with E-state index in [4.69, 9.17) is 0 Å². The van der Waals surface area contributed by atoms with Gasteiger partial charge in [-0.15, -0.1) is 0 Å². The first-order valence-electron chi connectivity index (χ1n) is 5.22. The molecule has 0 aromatic carbocycles. The fourth-order valence-electron chi connectivity index (χ4n) is 2.29. The average Bonchev–Trinajstić information content (AvgIpc) is 3.05. The lowest BCUT2D eigenvalue weighted by molar-refractivity contribution is 0.968. The molecule has 2 aromatic heterocycles. The van der Waals surface area contributed by atoms with Gasteiger partial charge in [0.1, 0.15) is 5.82 Å². The van der Waals surface area contributed by atoms with Crippen LogP contribution < -0.4 is 0 Å². The molecular weight excluding hydrogens is 186 g/mol. The summed E-state index contributed by atoms with van der Waals surface area (Å²) in [5.74, 6) is 2.32. The van der Waals surface area contributed by atoms with Crippen LogP contribution in [0.15, 0.2) is 30.5 Å². The third kappa shape index (κ3) is 0.975. The summed E-state index contributed by atoms with van der Waals surface area (Å²) in [5, 5.41) is 0. The Labute approximate surface area is 87.2 Å². The number of rotatable bonds is 1. The highest BCUT2D eigenvalue weighted by molar-refractivity contribution is 5.56. The Hall–Kier alpha value is -1.77. The monoisotopic (exact) mass is 195 g/mol. The predicted octanol–water partition coefficient (Wildman–Crippen LogP) is 2.12. The molecule has 0 amide bonds. The summed E-state index contributed by atoms with van der Waals surface area (Å²) in [7, 11) is 0. The Morgan fingerprint density at radius 2 is 2.07 bits per heavy atom. The van der Waals surface area contributed by atoms with Gasteiger partial charge in [-0.05, 0) is 24.6 Å². The normalized spacial score (nSPS) is 25.1. The highest BCUT2D eigenvalue weighted by Crippen LogP contribution is 2.57. The van der Waals surface area contributed by atoms with Crippen molar-refractivity contribution in [3.8, 4) is 11.4 Å². The summed E-state index contributed by atoms with van der Waals surface area (Å²) in [5.41, 5.74) is 3.14. The Balaban J connectivity index is 1.89. The van der Waals surface area contributed by atoms with E-state index in [0.29, 0.717) is 11.8 Å². The first-order chi connectivity index (χ1) is 7.42. The highest BCUT2D eigenvalue weighted by Gasteiger charge is 2.48. The molecule has 2 unspecified atom stereocenters. The van der Waals surface area contributed by atoms with E-state index in [1.807, 2.05) is 18.2 Å². The van der Waals surface area contributed by atoms with E-state index >= 15 is 0 Å². The topological polar surface area (TPSA) is 38.7 Å². The predicted molar refractivity (Wildman–Crippen MR) is 55.4 cm³/mol. The Morgan fingerprint density at radius 3 is 2.87 bits per heavy atom. The number of hydrogen-bond acceptors (Lipinski definition) is 3. The third-order valence-corrected chi connectivity index (χ3v) is 3.19. The highest BCUT2D eigenvalue weighted by atomic mass is 15.0. The van der Waals surface area contributed by atoms with Gasteiger partial charge in [0, 0.05) is 23.7 Å². The number of nitrogens with zero attached hydrogens (tertiary/aromatic N) is 3. The van der Waals surface area contributed by atoms with Gasteiger partial charge in [0.05, 0.1) is 11.4 Å². The molecule has 0 saturated heterocycles. The zero-order valence-corrected chi connectivity index (χ0v) is 8.09. The maximum absolute atomic E-state index is 4.56. The van der Waals surface area contributed by atoms with Gasteiger partial charge in [-0.2, -0.15) is 0 Å². The molecule has 1 saturated carbocycles. The van der Waals surface area contributed by atoms with Crippen LogP contribution in [0, 0.1) is 0 Å². The Bertz CT molecular complexity index is 510. The van der Waals surface area contributed by atoms with E-state index < -0.39 is 0 Å². The van der Waals surface area contributed by atoms with Gasteiger partial charge in [0.15, 0.2) is 0 Å². The van der Waals surface area contributed by atoms with Gasteiger partial charge in [-0.25, -0.2) is 9.97 Å². The van der Waals surface area contributed by atoms with Crippen molar-refractivity contribution in [1.82, 2.24) is 15.0 Å². The molecule has 1 fully saturated rings. The minimum atomic E-state index is 0.623. The summed E-state index contributed by atoms with van der Waals surface area (Å²) in [6.45, 7) is 0. The molecule has 2 bridgehead atoms. The lowest BCUT2D eigenvalue weighted by Gasteiger charge is -2.01. The van der Waals surface area contributed by atoms with Gasteiger partial charge in [-0.3, -0.25) is 4.98 Å². The fraction of sp³-hybridized carbons (Fsp3) is 0.250. The van der Waals surface area contributed by atoms with E-state index in [0.717, 1.165) is 17.2 Å². The lowest BCUT2D eigenvalue weighted by atomic mass is 10.2. The van der Waals surface area contributed by atoms with E-state index in [1.165, 1.54) is 12.1 Å². The third-order valence-electron chi connectivity index (χ3n) is 3.19. The second-order valence-corrected chi connectivity index (χ2v) is 4.20. The van der Waals surface area contributed by atoms with Crippen LogP contribution in [0.3, 0.4) is 0 Å². The smallest absolute Gasteiger partial charge is 0.133 e. The van der Waals surface area contributed by atoms with Gasteiger partial charge in [-0.1, -0.05) is 6.07 Å². The maximum Gasteiger partial charge on any atom is 0.133 e. The van der Waals surface area contributed by atoms with Crippen molar-refractivity contribution in [2.75, 3.05) is 0 Å². The zero-order valence-electron chi connectivity index (χ0n) is 8.09. The minimum absolute atomic E-state index is 0.623. The molecule has 1 aliphatic carbocycles. The molecule has 2 aliphatic rings. The van der Waals surface area contributed by atoms with Crippen molar-refractivity contribution < 1.29 is 0 Å². The van der Waals surface area contributed by atoms with E-state index in [-0.39, 0.29) is 0 Å². The van der Waals surface area contributed by atoms with Crippen LogP contribution in [0.25, 0.3) is 11.4 Å². The van der Waals surface area contributed by atoms with Gasteiger partial charge in [0.25, 0.3) is 0 Å². The molecule has 2 aromatic rings. The largest absolute Gasteiger partial charge is 0.255 e. The molecule has 0 N–H and O–H groups in total. The van der Waals surface area contributed by atoms with Crippen molar-refractivity contribution in [3.63, 3.8) is 0 Å². The molecule has 15 heavy (non-hydrogen) atoms. The second kappa shape index (κ2) is 2.42. The molecule has 3 heterocycles. The molecule has 0 spiro atoms. The molecular formula is C12H9N3. The summed E-state index contributed by atoms with van der Waals surface area (Å²) in [6.07, 6.45) is 3.05. The summed E-state index contributed by atoms with van der Waals surface area (Å²) in [6, 6.07) is 7.99. The quantitative estimate of drug-likeness (QED) is 0.699. The van der Waals surface area contributed by atoms with Crippen LogP contribution in [0.4, 0.5) is 0 Å². The second-order valence-electron chi connectivity index (χ2n) is 4.20. The number of hydrogen-bond donors (Lipinski definition) is 0. The van der Waals surface area contributed by atoms with Crippen molar-refractivity contribution in [1.29, 1.82) is 0 Å². The van der Waals surface area contributed by atoms with Crippen molar-refractivity contribution in [2.45, 2.75) is 18.3 Å². The van der Waals surface area contributed by atoms with Gasteiger partial charge >= 0.3 is 0 Å². The van der Waals surface area contributed by atoms with Gasteiger partial charge < -0.3 is 0 Å². The molecule has 72 valence electrons. The lowest BCUT2D eigenvalue weighted by Crippen LogP contribution is -1.94. The Kier molecular flexibility index (Phi) is 1.21. The molecule has 1 aliphatic heterocycles. The van der Waals surface area contributed by atoms with Crippen LogP contribution >= 0.6 is 0 Å². The summed E-state index contributed by atoms with van der Waals surface area (Å²) < 4.78 is 0. The number of pyridine rings is 1. The van der Waals surface area contributed by atoms with E-state index in [1.54, 1.807) is 6.20 Å². The van der Waals surface area contributed by atoms with Crippen LogP contribution in [0.5, 0.6) is 0 Å².